The zero-order chi connectivity index (χ0) is 14.6. The van der Waals surface area contributed by atoms with Crippen molar-refractivity contribution >= 4 is 27.6 Å². The highest BCUT2D eigenvalue weighted by Crippen LogP contribution is 2.22. The highest BCUT2D eigenvalue weighted by atomic mass is 35.5. The second kappa shape index (κ2) is 6.14. The van der Waals surface area contributed by atoms with E-state index < -0.39 is 32.7 Å². The van der Waals surface area contributed by atoms with E-state index >= 15 is 0 Å². The van der Waals surface area contributed by atoms with Crippen molar-refractivity contribution < 1.29 is 22.7 Å². The van der Waals surface area contributed by atoms with Crippen LogP contribution in [0.15, 0.2) is 35.7 Å². The molecule has 1 rings (SSSR count). The van der Waals surface area contributed by atoms with Gasteiger partial charge in [0.15, 0.2) is 0 Å². The molecular formula is C11H11ClFNO4S. The highest BCUT2D eigenvalue weighted by molar-refractivity contribution is 7.89. The minimum Gasteiger partial charge on any atom is -0.480 e. The van der Waals surface area contributed by atoms with E-state index in [9.17, 15) is 17.6 Å². The van der Waals surface area contributed by atoms with E-state index in [0.29, 0.717) is 0 Å². The number of aliphatic carboxylic acids is 1. The van der Waals surface area contributed by atoms with E-state index in [4.69, 9.17) is 16.7 Å². The molecule has 0 saturated carbocycles. The van der Waals surface area contributed by atoms with Crippen LogP contribution in [0.4, 0.5) is 4.39 Å². The van der Waals surface area contributed by atoms with E-state index in [1.54, 1.807) is 0 Å². The number of nitrogens with one attached hydrogen (secondary N) is 1. The van der Waals surface area contributed by atoms with Gasteiger partial charge in [0, 0.05) is 0 Å². The maximum atomic E-state index is 13.0. The molecule has 0 aliphatic rings. The monoisotopic (exact) mass is 307 g/mol. The molecule has 0 amide bonds. The number of carboxylic acids is 1. The Bertz CT molecular complexity index is 603. The molecule has 104 valence electrons. The molecule has 5 nitrogen and oxygen atoms in total. The van der Waals surface area contributed by atoms with Crippen LogP contribution in [0.1, 0.15) is 6.42 Å². The molecule has 8 heteroatoms. The maximum absolute atomic E-state index is 13.0. The first-order chi connectivity index (χ1) is 8.77. The number of hydrogen-bond donors (Lipinski definition) is 2. The predicted molar refractivity (Wildman–Crippen MR) is 68.0 cm³/mol. The molecule has 2 N–H and O–H groups in total. The van der Waals surface area contributed by atoms with Crippen molar-refractivity contribution in [2.45, 2.75) is 17.4 Å². The van der Waals surface area contributed by atoms with Crippen molar-refractivity contribution in [3.8, 4) is 0 Å². The Morgan fingerprint density at radius 3 is 2.74 bits per heavy atom. The fourth-order valence-electron chi connectivity index (χ4n) is 1.30. The summed E-state index contributed by atoms with van der Waals surface area (Å²) in [6, 6.07) is 1.41. The van der Waals surface area contributed by atoms with Crippen LogP contribution in [0.5, 0.6) is 0 Å². The molecule has 0 aromatic heterocycles. The molecule has 0 bridgehead atoms. The van der Waals surface area contributed by atoms with Crippen molar-refractivity contribution in [1.82, 2.24) is 4.72 Å². The van der Waals surface area contributed by atoms with Crippen LogP contribution in [0.2, 0.25) is 5.02 Å². The standard InChI is InChI=1S/C11H11ClFNO4S/c1-2-3-9(11(15)16)14-19(17,18)10-6-7(13)4-5-8(10)12/h2,4-6,9,14H,1,3H2,(H,15,16). The van der Waals surface area contributed by atoms with Gasteiger partial charge in [-0.05, 0) is 24.6 Å². The van der Waals surface area contributed by atoms with Gasteiger partial charge in [0.1, 0.15) is 16.8 Å². The smallest absolute Gasteiger partial charge is 0.322 e. The first-order valence-corrected chi connectivity index (χ1v) is 6.95. The lowest BCUT2D eigenvalue weighted by molar-refractivity contribution is -0.138. The molecule has 0 saturated heterocycles. The number of sulfonamides is 1. The topological polar surface area (TPSA) is 83.5 Å². The lowest BCUT2D eigenvalue weighted by atomic mass is 10.2. The molecule has 1 aromatic rings. The molecule has 0 aliphatic heterocycles. The Kier molecular flexibility index (Phi) is 5.04. The van der Waals surface area contributed by atoms with Crippen LogP contribution < -0.4 is 4.72 Å². The number of rotatable bonds is 6. The Morgan fingerprint density at radius 1 is 1.58 bits per heavy atom. The molecule has 1 atom stereocenters. The van der Waals surface area contributed by atoms with Gasteiger partial charge in [0.05, 0.1) is 5.02 Å². The van der Waals surface area contributed by atoms with Crippen molar-refractivity contribution in [1.29, 1.82) is 0 Å². The summed E-state index contributed by atoms with van der Waals surface area (Å²) in [7, 11) is -4.23. The van der Waals surface area contributed by atoms with E-state index in [2.05, 4.69) is 6.58 Å². The molecule has 0 radical (unpaired) electrons. The van der Waals surface area contributed by atoms with Crippen molar-refractivity contribution in [2.75, 3.05) is 0 Å². The maximum Gasteiger partial charge on any atom is 0.322 e. The molecule has 0 heterocycles. The third-order valence-corrected chi connectivity index (χ3v) is 4.13. The average Bonchev–Trinajstić information content (AvgIpc) is 2.31. The Labute approximate surface area is 114 Å². The first kappa shape index (κ1) is 15.6. The minimum absolute atomic E-state index is 0.110. The zero-order valence-electron chi connectivity index (χ0n) is 9.64. The number of benzene rings is 1. The van der Waals surface area contributed by atoms with Crippen LogP contribution in [0.3, 0.4) is 0 Å². The summed E-state index contributed by atoms with van der Waals surface area (Å²) >= 11 is 5.67. The van der Waals surface area contributed by atoms with Gasteiger partial charge in [-0.3, -0.25) is 4.79 Å². The Hall–Kier alpha value is -1.44. The number of halogens is 2. The SMILES string of the molecule is C=CCC(NS(=O)(=O)c1cc(F)ccc1Cl)C(=O)O. The van der Waals surface area contributed by atoms with Crippen molar-refractivity contribution in [2.24, 2.45) is 0 Å². The van der Waals surface area contributed by atoms with Crippen molar-refractivity contribution in [3.05, 3.63) is 41.7 Å². The van der Waals surface area contributed by atoms with Crippen LogP contribution in [-0.2, 0) is 14.8 Å². The fourth-order valence-corrected chi connectivity index (χ4v) is 3.01. The number of carboxylic acid groups (broad SMARTS) is 1. The van der Waals surface area contributed by atoms with Gasteiger partial charge in [-0.1, -0.05) is 17.7 Å². The number of hydrogen-bond acceptors (Lipinski definition) is 3. The van der Waals surface area contributed by atoms with Gasteiger partial charge in [0.25, 0.3) is 0 Å². The van der Waals surface area contributed by atoms with Gasteiger partial charge < -0.3 is 5.11 Å². The van der Waals surface area contributed by atoms with E-state index in [1.807, 2.05) is 4.72 Å². The lowest BCUT2D eigenvalue weighted by Gasteiger charge is -2.13. The summed E-state index contributed by atoms with van der Waals surface area (Å²) in [4.78, 5) is 10.4. The summed E-state index contributed by atoms with van der Waals surface area (Å²) in [6.45, 7) is 3.33. The lowest BCUT2D eigenvalue weighted by Crippen LogP contribution is -2.40. The summed E-state index contributed by atoms with van der Waals surface area (Å²) < 4.78 is 38.8. The highest BCUT2D eigenvalue weighted by Gasteiger charge is 2.26. The molecule has 0 spiro atoms. The molecule has 1 aromatic carbocycles. The molecular weight excluding hydrogens is 297 g/mol. The quantitative estimate of drug-likeness (QED) is 0.785. The third-order valence-electron chi connectivity index (χ3n) is 2.18. The Morgan fingerprint density at radius 2 is 2.21 bits per heavy atom. The van der Waals surface area contributed by atoms with E-state index in [-0.39, 0.29) is 11.4 Å². The zero-order valence-corrected chi connectivity index (χ0v) is 11.2. The Balaban J connectivity index is 3.13. The molecule has 0 fully saturated rings. The summed E-state index contributed by atoms with van der Waals surface area (Å²) in [6.07, 6.45) is 1.15. The molecule has 0 aliphatic carbocycles. The first-order valence-electron chi connectivity index (χ1n) is 5.09. The van der Waals surface area contributed by atoms with Crippen LogP contribution in [0, 0.1) is 5.82 Å². The minimum atomic E-state index is -4.23. The van der Waals surface area contributed by atoms with Crippen LogP contribution in [0.25, 0.3) is 0 Å². The summed E-state index contributed by atoms with van der Waals surface area (Å²) in [5, 5.41) is 8.66. The fraction of sp³-hybridized carbons (Fsp3) is 0.182. The second-order valence-electron chi connectivity index (χ2n) is 3.61. The van der Waals surface area contributed by atoms with Gasteiger partial charge in [-0.25, -0.2) is 12.8 Å². The van der Waals surface area contributed by atoms with Gasteiger partial charge in [-0.15, -0.1) is 6.58 Å². The largest absolute Gasteiger partial charge is 0.480 e. The number of carbonyl (C=O) groups is 1. The third kappa shape index (κ3) is 4.02. The summed E-state index contributed by atoms with van der Waals surface area (Å²) in [5.74, 6) is -2.16. The predicted octanol–water partition coefficient (Wildman–Crippen LogP) is 1.79. The van der Waals surface area contributed by atoms with Gasteiger partial charge >= 0.3 is 5.97 Å². The summed E-state index contributed by atoms with van der Waals surface area (Å²) in [5.41, 5.74) is 0. The average molecular weight is 308 g/mol. The molecule has 19 heavy (non-hydrogen) atoms. The molecule has 1 unspecified atom stereocenters. The van der Waals surface area contributed by atoms with Gasteiger partial charge in [0.2, 0.25) is 10.0 Å². The van der Waals surface area contributed by atoms with Crippen LogP contribution in [-0.4, -0.2) is 25.5 Å². The van der Waals surface area contributed by atoms with E-state index in [0.717, 1.165) is 18.2 Å². The van der Waals surface area contributed by atoms with Crippen molar-refractivity contribution in [3.63, 3.8) is 0 Å². The second-order valence-corrected chi connectivity index (χ2v) is 5.70. The van der Waals surface area contributed by atoms with Gasteiger partial charge in [-0.2, -0.15) is 4.72 Å². The normalized spacial score (nSPS) is 12.9. The van der Waals surface area contributed by atoms with E-state index in [1.165, 1.54) is 6.08 Å². The van der Waals surface area contributed by atoms with Crippen LogP contribution >= 0.6 is 11.6 Å².